The number of halogens is 2. The van der Waals surface area contributed by atoms with Crippen molar-refractivity contribution in [3.05, 3.63) is 71.3 Å². The fourth-order valence-electron chi connectivity index (χ4n) is 2.25. The second-order valence-corrected chi connectivity index (χ2v) is 5.78. The van der Waals surface area contributed by atoms with Gasteiger partial charge in [-0.05, 0) is 49.2 Å². The van der Waals surface area contributed by atoms with Gasteiger partial charge in [-0.1, -0.05) is 24.3 Å². The highest BCUT2D eigenvalue weighted by Gasteiger charge is 2.25. The van der Waals surface area contributed by atoms with Gasteiger partial charge in [0.15, 0.2) is 0 Å². The van der Waals surface area contributed by atoms with Gasteiger partial charge in [-0.2, -0.15) is 0 Å². The van der Waals surface area contributed by atoms with Crippen molar-refractivity contribution in [3.8, 4) is 0 Å². The van der Waals surface area contributed by atoms with E-state index in [1.807, 2.05) is 0 Å². The molecule has 0 saturated carbocycles. The Morgan fingerprint density at radius 2 is 1.83 bits per heavy atom. The van der Waals surface area contributed by atoms with E-state index in [1.165, 1.54) is 43.3 Å². The molecule has 0 aliphatic rings. The number of rotatable bonds is 5. The average Bonchev–Trinajstić information content (AvgIpc) is 2.52. The fraction of sp³-hybridized carbons (Fsp3) is 0.278. The lowest BCUT2D eigenvalue weighted by Crippen LogP contribution is -2.40. The van der Waals surface area contributed by atoms with E-state index in [1.54, 1.807) is 19.1 Å². The molecule has 0 radical (unpaired) electrons. The third-order valence-corrected chi connectivity index (χ3v) is 3.81. The van der Waals surface area contributed by atoms with Gasteiger partial charge in [0, 0.05) is 0 Å². The van der Waals surface area contributed by atoms with Gasteiger partial charge in [-0.3, -0.25) is 4.79 Å². The zero-order valence-electron chi connectivity index (χ0n) is 13.0. The molecule has 0 aromatic heterocycles. The van der Waals surface area contributed by atoms with Gasteiger partial charge in [0.05, 0.1) is 12.5 Å². The summed E-state index contributed by atoms with van der Waals surface area (Å²) in [5.41, 5.74) is -0.271. The molecule has 2 N–H and O–H groups in total. The Labute approximate surface area is 134 Å². The van der Waals surface area contributed by atoms with Gasteiger partial charge in [0.25, 0.3) is 0 Å². The van der Waals surface area contributed by atoms with E-state index in [2.05, 4.69) is 5.32 Å². The van der Waals surface area contributed by atoms with E-state index in [0.717, 1.165) is 0 Å². The predicted molar refractivity (Wildman–Crippen MR) is 83.8 cm³/mol. The van der Waals surface area contributed by atoms with Crippen LogP contribution < -0.4 is 5.32 Å². The first-order chi connectivity index (χ1) is 10.8. The lowest BCUT2D eigenvalue weighted by atomic mass is 9.95. The number of hydrogen-bond donors (Lipinski definition) is 2. The van der Waals surface area contributed by atoms with E-state index in [4.69, 9.17) is 0 Å². The fourth-order valence-corrected chi connectivity index (χ4v) is 2.25. The summed E-state index contributed by atoms with van der Waals surface area (Å²) in [4.78, 5) is 12.2. The van der Waals surface area contributed by atoms with Crippen LogP contribution in [0.2, 0.25) is 0 Å². The Bertz CT molecular complexity index is 684. The van der Waals surface area contributed by atoms with Crippen LogP contribution in [0.5, 0.6) is 0 Å². The van der Waals surface area contributed by atoms with E-state index in [0.29, 0.717) is 11.1 Å². The second kappa shape index (κ2) is 6.87. The Morgan fingerprint density at radius 3 is 2.43 bits per heavy atom. The summed E-state index contributed by atoms with van der Waals surface area (Å²) in [7, 11) is 0. The van der Waals surface area contributed by atoms with Gasteiger partial charge < -0.3 is 10.4 Å². The van der Waals surface area contributed by atoms with Crippen molar-refractivity contribution in [1.29, 1.82) is 0 Å². The number of nitrogens with one attached hydrogen (secondary N) is 1. The Kier molecular flexibility index (Phi) is 5.11. The maximum Gasteiger partial charge on any atom is 0.227 e. The minimum atomic E-state index is -1.33. The minimum Gasteiger partial charge on any atom is -0.384 e. The van der Waals surface area contributed by atoms with Crippen molar-refractivity contribution in [3.63, 3.8) is 0 Å². The largest absolute Gasteiger partial charge is 0.384 e. The molecule has 2 aromatic rings. The number of carbonyl (C=O) groups excluding carboxylic acids is 1. The highest BCUT2D eigenvalue weighted by molar-refractivity contribution is 5.83. The van der Waals surface area contributed by atoms with Crippen LogP contribution in [0.3, 0.4) is 0 Å². The van der Waals surface area contributed by atoms with E-state index >= 15 is 0 Å². The van der Waals surface area contributed by atoms with Crippen LogP contribution in [0.1, 0.15) is 30.9 Å². The first-order valence-electron chi connectivity index (χ1n) is 7.31. The molecule has 3 nitrogen and oxygen atoms in total. The van der Waals surface area contributed by atoms with Gasteiger partial charge >= 0.3 is 0 Å². The molecule has 0 fully saturated rings. The molecule has 0 spiro atoms. The Hall–Kier alpha value is -2.27. The SMILES string of the molecule is CC(C(=O)NCC(C)(O)c1ccc(F)cc1)c1cccc(F)c1. The first kappa shape index (κ1) is 17.1. The van der Waals surface area contributed by atoms with Crippen molar-refractivity contribution in [2.75, 3.05) is 6.54 Å². The standard InChI is InChI=1S/C18H19F2NO2/c1-12(13-4-3-5-16(20)10-13)17(22)21-11-18(2,23)14-6-8-15(19)9-7-14/h3-10,12,23H,11H2,1-2H3,(H,21,22). The topological polar surface area (TPSA) is 49.3 Å². The first-order valence-corrected chi connectivity index (χ1v) is 7.31. The van der Waals surface area contributed by atoms with Gasteiger partial charge in [-0.25, -0.2) is 8.78 Å². The number of benzene rings is 2. The maximum absolute atomic E-state index is 13.2. The van der Waals surface area contributed by atoms with Crippen LogP contribution >= 0.6 is 0 Å². The highest BCUT2D eigenvalue weighted by Crippen LogP contribution is 2.21. The molecule has 5 heteroatoms. The third-order valence-electron chi connectivity index (χ3n) is 3.81. The highest BCUT2D eigenvalue weighted by atomic mass is 19.1. The summed E-state index contributed by atoms with van der Waals surface area (Å²) in [6, 6.07) is 11.3. The molecule has 0 aliphatic carbocycles. The van der Waals surface area contributed by atoms with Crippen molar-refractivity contribution in [2.45, 2.75) is 25.4 Å². The van der Waals surface area contributed by atoms with Crippen LogP contribution in [0.15, 0.2) is 48.5 Å². The lowest BCUT2D eigenvalue weighted by molar-refractivity contribution is -0.123. The number of amides is 1. The maximum atomic E-state index is 13.2. The van der Waals surface area contributed by atoms with E-state index < -0.39 is 23.2 Å². The van der Waals surface area contributed by atoms with Crippen LogP contribution in [-0.2, 0) is 10.4 Å². The van der Waals surface area contributed by atoms with Crippen LogP contribution in [0, 0.1) is 11.6 Å². The predicted octanol–water partition coefficient (Wildman–Crippen LogP) is 3.09. The summed E-state index contributed by atoms with van der Waals surface area (Å²) in [5.74, 6) is -1.67. The monoisotopic (exact) mass is 319 g/mol. The summed E-state index contributed by atoms with van der Waals surface area (Å²) in [5, 5.41) is 13.1. The summed E-state index contributed by atoms with van der Waals surface area (Å²) in [6.07, 6.45) is 0. The zero-order valence-corrected chi connectivity index (χ0v) is 13.0. The van der Waals surface area contributed by atoms with Gasteiger partial charge in [0.1, 0.15) is 17.2 Å². The molecule has 0 heterocycles. The van der Waals surface area contributed by atoms with E-state index in [-0.39, 0.29) is 12.5 Å². The molecule has 2 atom stereocenters. The number of aliphatic hydroxyl groups is 1. The normalized spacial score (nSPS) is 14.8. The molecule has 2 unspecified atom stereocenters. The molecule has 2 rings (SSSR count). The molecule has 0 bridgehead atoms. The van der Waals surface area contributed by atoms with E-state index in [9.17, 15) is 18.7 Å². The van der Waals surface area contributed by atoms with Crippen LogP contribution in [0.4, 0.5) is 8.78 Å². The van der Waals surface area contributed by atoms with Crippen molar-refractivity contribution in [2.24, 2.45) is 0 Å². The van der Waals surface area contributed by atoms with Crippen molar-refractivity contribution in [1.82, 2.24) is 5.32 Å². The number of carbonyl (C=O) groups is 1. The lowest BCUT2D eigenvalue weighted by Gasteiger charge is -2.25. The van der Waals surface area contributed by atoms with Crippen molar-refractivity contribution >= 4 is 5.91 Å². The molecular weight excluding hydrogens is 300 g/mol. The summed E-state index contributed by atoms with van der Waals surface area (Å²) in [6.45, 7) is 3.17. The Balaban J connectivity index is 2.01. The minimum absolute atomic E-state index is 0.0306. The van der Waals surface area contributed by atoms with Crippen molar-refractivity contribution < 1.29 is 18.7 Å². The summed E-state index contributed by atoms with van der Waals surface area (Å²) < 4.78 is 26.2. The molecule has 0 saturated heterocycles. The van der Waals surface area contributed by atoms with Gasteiger partial charge in [-0.15, -0.1) is 0 Å². The van der Waals surface area contributed by atoms with Gasteiger partial charge in [0.2, 0.25) is 5.91 Å². The molecular formula is C18H19F2NO2. The summed E-state index contributed by atoms with van der Waals surface area (Å²) >= 11 is 0. The molecule has 2 aromatic carbocycles. The smallest absolute Gasteiger partial charge is 0.227 e. The molecule has 0 aliphatic heterocycles. The Morgan fingerprint density at radius 1 is 1.17 bits per heavy atom. The van der Waals surface area contributed by atoms with Crippen LogP contribution in [-0.4, -0.2) is 17.6 Å². The molecule has 23 heavy (non-hydrogen) atoms. The number of hydrogen-bond acceptors (Lipinski definition) is 2. The second-order valence-electron chi connectivity index (χ2n) is 5.78. The molecule has 1 amide bonds. The zero-order chi connectivity index (χ0) is 17.0. The average molecular weight is 319 g/mol. The van der Waals surface area contributed by atoms with Crippen LogP contribution in [0.25, 0.3) is 0 Å². The quantitative estimate of drug-likeness (QED) is 0.890. The molecule has 122 valence electrons. The third kappa shape index (κ3) is 4.36.